The van der Waals surface area contributed by atoms with E-state index in [1.165, 1.54) is 0 Å². The number of nitrogens with zero attached hydrogens (tertiary/aromatic N) is 3. The molecule has 2 N–H and O–H groups in total. The molecule has 1 unspecified atom stereocenters. The van der Waals surface area contributed by atoms with Gasteiger partial charge < -0.3 is 5.73 Å². The highest BCUT2D eigenvalue weighted by atomic mass is 35.5. The van der Waals surface area contributed by atoms with E-state index in [0.717, 1.165) is 17.5 Å². The number of primary amides is 1. The molecule has 0 spiro atoms. The maximum Gasteiger partial charge on any atom is 0.250 e. The number of carbonyl (C=O) groups is 1. The van der Waals surface area contributed by atoms with E-state index in [2.05, 4.69) is 10.2 Å². The summed E-state index contributed by atoms with van der Waals surface area (Å²) in [6.45, 7) is 4.05. The Morgan fingerprint density at radius 2 is 2.00 bits per heavy atom. The molecule has 0 bridgehead atoms. The van der Waals surface area contributed by atoms with Gasteiger partial charge in [-0.1, -0.05) is 41.9 Å². The standard InChI is InChI=1S/C19H19ClN4O/c1-19(2)11-12-6-3-4-9-15(12)16(22-19)17(18(21)25)24-23-14-8-5-7-13(20)10-14/h3-10,17H,11H2,1-2H3,(H2,21,25). The third-order valence-electron chi connectivity index (χ3n) is 3.96. The van der Waals surface area contributed by atoms with Gasteiger partial charge in [-0.05, 0) is 44.0 Å². The lowest BCUT2D eigenvalue weighted by molar-refractivity contribution is -0.117. The number of halogens is 1. The van der Waals surface area contributed by atoms with Crippen LogP contribution in [0.15, 0.2) is 63.8 Å². The summed E-state index contributed by atoms with van der Waals surface area (Å²) in [5.41, 5.74) is 8.42. The number of carbonyl (C=O) groups excluding carboxylic acids is 1. The van der Waals surface area contributed by atoms with Crippen LogP contribution in [0.1, 0.15) is 25.0 Å². The predicted molar refractivity (Wildman–Crippen MR) is 99.7 cm³/mol. The van der Waals surface area contributed by atoms with E-state index in [0.29, 0.717) is 16.4 Å². The van der Waals surface area contributed by atoms with Crippen molar-refractivity contribution in [1.82, 2.24) is 0 Å². The second-order valence-electron chi connectivity index (χ2n) is 6.64. The molecule has 2 aromatic carbocycles. The monoisotopic (exact) mass is 354 g/mol. The van der Waals surface area contributed by atoms with E-state index in [1.54, 1.807) is 24.3 Å². The number of fused-ring (bicyclic) bond motifs is 1. The van der Waals surface area contributed by atoms with Crippen molar-refractivity contribution < 1.29 is 4.79 Å². The van der Waals surface area contributed by atoms with Crippen molar-refractivity contribution in [2.75, 3.05) is 0 Å². The van der Waals surface area contributed by atoms with Crippen LogP contribution in [0, 0.1) is 0 Å². The van der Waals surface area contributed by atoms with Crippen molar-refractivity contribution in [1.29, 1.82) is 0 Å². The Labute approximate surface area is 151 Å². The summed E-state index contributed by atoms with van der Waals surface area (Å²) >= 11 is 5.96. The topological polar surface area (TPSA) is 80.2 Å². The fraction of sp³-hybridized carbons (Fsp3) is 0.263. The maximum absolute atomic E-state index is 12.1. The number of benzene rings is 2. The van der Waals surface area contributed by atoms with Gasteiger partial charge in [0.25, 0.3) is 0 Å². The number of azo groups is 1. The predicted octanol–water partition coefficient (Wildman–Crippen LogP) is 4.10. The van der Waals surface area contributed by atoms with Crippen LogP contribution in [-0.2, 0) is 11.2 Å². The molecule has 0 aromatic heterocycles. The van der Waals surface area contributed by atoms with Gasteiger partial charge in [-0.25, -0.2) is 0 Å². The van der Waals surface area contributed by atoms with Crippen molar-refractivity contribution in [3.8, 4) is 0 Å². The zero-order chi connectivity index (χ0) is 18.0. The molecule has 0 saturated carbocycles. The molecule has 128 valence electrons. The van der Waals surface area contributed by atoms with E-state index < -0.39 is 11.9 Å². The first-order valence-electron chi connectivity index (χ1n) is 7.99. The zero-order valence-electron chi connectivity index (χ0n) is 14.1. The first-order valence-corrected chi connectivity index (χ1v) is 8.37. The fourth-order valence-electron chi connectivity index (χ4n) is 2.93. The SMILES string of the molecule is CC1(C)Cc2ccccc2C(C(N=Nc2cccc(Cl)c2)C(N)=O)=N1. The van der Waals surface area contributed by atoms with Gasteiger partial charge in [0, 0.05) is 10.6 Å². The summed E-state index contributed by atoms with van der Waals surface area (Å²) < 4.78 is 0. The van der Waals surface area contributed by atoms with Crippen LogP contribution in [-0.4, -0.2) is 23.2 Å². The fourth-order valence-corrected chi connectivity index (χ4v) is 3.12. The molecule has 0 aliphatic carbocycles. The number of hydrogen-bond acceptors (Lipinski definition) is 4. The number of amides is 1. The van der Waals surface area contributed by atoms with Crippen molar-refractivity contribution >= 4 is 28.9 Å². The molecule has 0 saturated heterocycles. The van der Waals surface area contributed by atoms with Crippen LogP contribution >= 0.6 is 11.6 Å². The summed E-state index contributed by atoms with van der Waals surface area (Å²) in [5, 5.41) is 8.88. The van der Waals surface area contributed by atoms with Gasteiger partial charge in [-0.15, -0.1) is 0 Å². The summed E-state index contributed by atoms with van der Waals surface area (Å²) in [6.07, 6.45) is 0.795. The lowest BCUT2D eigenvalue weighted by Gasteiger charge is -2.30. The van der Waals surface area contributed by atoms with Crippen LogP contribution < -0.4 is 5.73 Å². The van der Waals surface area contributed by atoms with E-state index in [4.69, 9.17) is 22.3 Å². The molecule has 6 heteroatoms. The van der Waals surface area contributed by atoms with Crippen LogP contribution in [0.2, 0.25) is 5.02 Å². The lowest BCUT2D eigenvalue weighted by Crippen LogP contribution is -2.40. The van der Waals surface area contributed by atoms with Gasteiger partial charge in [0.2, 0.25) is 5.91 Å². The van der Waals surface area contributed by atoms with E-state index in [1.807, 2.05) is 38.1 Å². The average molecular weight is 355 g/mol. The highest BCUT2D eigenvalue weighted by Crippen LogP contribution is 2.29. The molecule has 3 rings (SSSR count). The van der Waals surface area contributed by atoms with Gasteiger partial charge in [0.05, 0.1) is 16.9 Å². The number of nitrogens with two attached hydrogens (primary N) is 1. The Balaban J connectivity index is 2.02. The molecule has 1 aliphatic heterocycles. The quantitative estimate of drug-likeness (QED) is 0.824. The Kier molecular flexibility index (Phi) is 4.68. The second kappa shape index (κ2) is 6.76. The van der Waals surface area contributed by atoms with Gasteiger partial charge in [0.1, 0.15) is 0 Å². The van der Waals surface area contributed by atoms with E-state index >= 15 is 0 Å². The molecule has 2 aromatic rings. The minimum atomic E-state index is -0.945. The third-order valence-corrected chi connectivity index (χ3v) is 4.20. The largest absolute Gasteiger partial charge is 0.367 e. The lowest BCUT2D eigenvalue weighted by atomic mass is 9.85. The van der Waals surface area contributed by atoms with E-state index in [9.17, 15) is 4.79 Å². The van der Waals surface area contributed by atoms with Crippen LogP contribution in [0.3, 0.4) is 0 Å². The summed E-state index contributed by atoms with van der Waals surface area (Å²) in [6, 6.07) is 13.9. The minimum absolute atomic E-state index is 0.330. The smallest absolute Gasteiger partial charge is 0.250 e. The molecular weight excluding hydrogens is 336 g/mol. The Bertz CT molecular complexity index is 873. The molecule has 5 nitrogen and oxygen atoms in total. The Hall–Kier alpha value is -2.53. The second-order valence-corrected chi connectivity index (χ2v) is 7.08. The average Bonchev–Trinajstić information content (AvgIpc) is 2.53. The highest BCUT2D eigenvalue weighted by molar-refractivity contribution is 6.30. The molecule has 0 radical (unpaired) electrons. The van der Waals surface area contributed by atoms with Crippen LogP contribution in [0.25, 0.3) is 0 Å². The molecule has 1 amide bonds. The highest BCUT2D eigenvalue weighted by Gasteiger charge is 2.33. The first-order chi connectivity index (χ1) is 11.9. The number of aliphatic imine (C=N–C) groups is 1. The maximum atomic E-state index is 12.1. The molecule has 25 heavy (non-hydrogen) atoms. The molecular formula is C19H19ClN4O. The normalized spacial score (nSPS) is 17.0. The first kappa shape index (κ1) is 17.3. The van der Waals surface area contributed by atoms with Crippen molar-refractivity contribution in [2.24, 2.45) is 21.0 Å². The molecule has 1 atom stereocenters. The van der Waals surface area contributed by atoms with Gasteiger partial charge in [-0.3, -0.25) is 9.79 Å². The van der Waals surface area contributed by atoms with Crippen molar-refractivity contribution in [2.45, 2.75) is 31.8 Å². The zero-order valence-corrected chi connectivity index (χ0v) is 14.9. The van der Waals surface area contributed by atoms with Crippen LogP contribution in [0.5, 0.6) is 0 Å². The third kappa shape index (κ3) is 3.94. The number of hydrogen-bond donors (Lipinski definition) is 1. The number of rotatable bonds is 4. The summed E-state index contributed by atoms with van der Waals surface area (Å²) in [7, 11) is 0. The van der Waals surface area contributed by atoms with Gasteiger partial charge in [0.15, 0.2) is 6.04 Å². The van der Waals surface area contributed by atoms with Gasteiger partial charge >= 0.3 is 0 Å². The van der Waals surface area contributed by atoms with Crippen LogP contribution in [0.4, 0.5) is 5.69 Å². The Morgan fingerprint density at radius 1 is 1.24 bits per heavy atom. The molecule has 1 aliphatic rings. The minimum Gasteiger partial charge on any atom is -0.367 e. The van der Waals surface area contributed by atoms with Crippen molar-refractivity contribution in [3.05, 3.63) is 64.7 Å². The summed E-state index contributed by atoms with van der Waals surface area (Å²) in [5.74, 6) is -0.586. The van der Waals surface area contributed by atoms with Gasteiger partial charge in [-0.2, -0.15) is 10.2 Å². The van der Waals surface area contributed by atoms with Crippen molar-refractivity contribution in [3.63, 3.8) is 0 Å². The van der Waals surface area contributed by atoms with E-state index in [-0.39, 0.29) is 5.54 Å². The summed E-state index contributed by atoms with van der Waals surface area (Å²) in [4.78, 5) is 16.8. The Morgan fingerprint density at radius 3 is 2.72 bits per heavy atom. The molecule has 1 heterocycles. The molecule has 0 fully saturated rings.